The Kier molecular flexibility index (Phi) is 4.13. The number of para-hydroxylation sites is 1. The second-order valence-corrected chi connectivity index (χ2v) is 7.69. The highest BCUT2D eigenvalue weighted by Gasteiger charge is 2.55. The highest BCUT2D eigenvalue weighted by Crippen LogP contribution is 2.48. The van der Waals surface area contributed by atoms with Crippen LogP contribution in [0.3, 0.4) is 0 Å². The number of hydrogen-bond donors (Lipinski definition) is 3. The van der Waals surface area contributed by atoms with Crippen LogP contribution in [0.2, 0.25) is 0 Å². The second-order valence-electron chi connectivity index (χ2n) is 7.69. The van der Waals surface area contributed by atoms with Gasteiger partial charge in [0.2, 0.25) is 0 Å². The topological polar surface area (TPSA) is 85.4 Å². The average molecular weight is 355 g/mol. The van der Waals surface area contributed by atoms with E-state index < -0.39 is 11.4 Å². The largest absolute Gasteiger partial charge is 0.481 e. The summed E-state index contributed by atoms with van der Waals surface area (Å²) in [6.07, 6.45) is 3.30. The summed E-state index contributed by atoms with van der Waals surface area (Å²) < 4.78 is 0. The molecule has 4 rings (SSSR count). The first-order chi connectivity index (χ1) is 12.5. The lowest BCUT2D eigenvalue weighted by Gasteiger charge is -2.23. The predicted octanol–water partition coefficient (Wildman–Crippen LogP) is 2.92. The summed E-state index contributed by atoms with van der Waals surface area (Å²) in [5.74, 6) is -0.647. The number of nitrogens with one attached hydrogen (secondary N) is 2. The van der Waals surface area contributed by atoms with Crippen molar-refractivity contribution in [2.24, 2.45) is 11.3 Å². The van der Waals surface area contributed by atoms with Crippen molar-refractivity contribution in [2.75, 3.05) is 19.6 Å². The maximum atomic E-state index is 12.5. The number of aromatic amines is 1. The number of carboxylic acid groups (broad SMARTS) is 1. The first-order valence-corrected chi connectivity index (χ1v) is 9.33. The first-order valence-electron chi connectivity index (χ1n) is 9.33. The molecule has 2 aromatic rings. The summed E-state index contributed by atoms with van der Waals surface area (Å²) in [4.78, 5) is 29.3. The molecule has 1 aromatic carbocycles. The lowest BCUT2D eigenvalue weighted by atomic mass is 9.81. The Morgan fingerprint density at radius 3 is 2.96 bits per heavy atom. The molecular weight excluding hydrogens is 330 g/mol. The number of rotatable bonds is 4. The summed E-state index contributed by atoms with van der Waals surface area (Å²) in [5, 5.41) is 13.8. The third-order valence-corrected chi connectivity index (χ3v) is 6.26. The molecule has 1 aromatic heterocycles. The van der Waals surface area contributed by atoms with Crippen LogP contribution in [0.5, 0.6) is 0 Å². The molecule has 0 unspecified atom stereocenters. The van der Waals surface area contributed by atoms with E-state index >= 15 is 0 Å². The number of nitrogens with zero attached hydrogens (tertiary/aromatic N) is 1. The van der Waals surface area contributed by atoms with Gasteiger partial charge in [-0.05, 0) is 43.7 Å². The van der Waals surface area contributed by atoms with Gasteiger partial charge in [0.15, 0.2) is 0 Å². The minimum Gasteiger partial charge on any atom is -0.481 e. The summed E-state index contributed by atoms with van der Waals surface area (Å²) >= 11 is 0. The fourth-order valence-corrected chi connectivity index (χ4v) is 4.86. The molecule has 2 aliphatic rings. The highest BCUT2D eigenvalue weighted by molar-refractivity contribution is 5.84. The van der Waals surface area contributed by atoms with E-state index in [0.29, 0.717) is 26.1 Å². The molecule has 1 aliphatic heterocycles. The predicted molar refractivity (Wildman–Crippen MR) is 99.1 cm³/mol. The van der Waals surface area contributed by atoms with E-state index in [2.05, 4.69) is 29.4 Å². The number of urea groups is 1. The summed E-state index contributed by atoms with van der Waals surface area (Å²) in [5.41, 5.74) is 2.74. The van der Waals surface area contributed by atoms with Gasteiger partial charge in [-0.2, -0.15) is 0 Å². The van der Waals surface area contributed by atoms with E-state index in [-0.39, 0.29) is 11.9 Å². The first kappa shape index (κ1) is 16.9. The number of hydrogen-bond acceptors (Lipinski definition) is 2. The van der Waals surface area contributed by atoms with Crippen molar-refractivity contribution in [1.29, 1.82) is 0 Å². The Hall–Kier alpha value is -2.50. The van der Waals surface area contributed by atoms with Gasteiger partial charge < -0.3 is 20.3 Å². The molecule has 0 spiro atoms. The zero-order chi connectivity index (χ0) is 18.3. The van der Waals surface area contributed by atoms with E-state index in [4.69, 9.17) is 0 Å². The van der Waals surface area contributed by atoms with Gasteiger partial charge in [0.05, 0.1) is 5.41 Å². The van der Waals surface area contributed by atoms with Gasteiger partial charge in [-0.25, -0.2) is 4.79 Å². The zero-order valence-electron chi connectivity index (χ0n) is 15.0. The molecular formula is C20H25N3O3. The number of carbonyl (C=O) groups is 2. The quantitative estimate of drug-likeness (QED) is 0.788. The normalized spacial score (nSPS) is 24.8. The molecule has 2 atom stereocenters. The Morgan fingerprint density at radius 2 is 2.19 bits per heavy atom. The van der Waals surface area contributed by atoms with Crippen molar-refractivity contribution in [3.63, 3.8) is 0 Å². The fourth-order valence-electron chi connectivity index (χ4n) is 4.86. The van der Waals surface area contributed by atoms with Gasteiger partial charge in [-0.15, -0.1) is 0 Å². The molecule has 0 bridgehead atoms. The minimum atomic E-state index is -0.746. The summed E-state index contributed by atoms with van der Waals surface area (Å²) in [6.45, 7) is 3.49. The fraction of sp³-hybridized carbons (Fsp3) is 0.500. The molecule has 1 saturated heterocycles. The van der Waals surface area contributed by atoms with Crippen molar-refractivity contribution >= 4 is 22.9 Å². The van der Waals surface area contributed by atoms with Crippen LogP contribution in [-0.2, 0) is 11.2 Å². The van der Waals surface area contributed by atoms with Gasteiger partial charge in [-0.1, -0.05) is 24.6 Å². The van der Waals surface area contributed by atoms with Crippen LogP contribution in [-0.4, -0.2) is 46.6 Å². The van der Waals surface area contributed by atoms with Crippen LogP contribution in [0.15, 0.2) is 24.3 Å². The monoisotopic (exact) mass is 355 g/mol. The van der Waals surface area contributed by atoms with Crippen molar-refractivity contribution in [3.05, 3.63) is 35.5 Å². The number of carboxylic acids is 1. The molecule has 2 heterocycles. The van der Waals surface area contributed by atoms with Crippen molar-refractivity contribution in [1.82, 2.24) is 15.2 Å². The Morgan fingerprint density at radius 1 is 1.38 bits per heavy atom. The number of H-pyrrole nitrogens is 1. The molecule has 2 fully saturated rings. The molecule has 26 heavy (non-hydrogen) atoms. The van der Waals surface area contributed by atoms with Gasteiger partial charge in [0, 0.05) is 36.2 Å². The van der Waals surface area contributed by atoms with Crippen molar-refractivity contribution in [2.45, 2.75) is 32.6 Å². The molecule has 138 valence electrons. The molecule has 6 heteroatoms. The van der Waals surface area contributed by atoms with E-state index in [9.17, 15) is 14.7 Å². The van der Waals surface area contributed by atoms with Crippen molar-refractivity contribution < 1.29 is 14.7 Å². The SMILES string of the molecule is Cc1[nH]c2ccccc2c1CCNC(=O)N1C[C@@H]2CCC[C@@]2(C(=O)O)C1. The third-order valence-electron chi connectivity index (χ3n) is 6.26. The summed E-state index contributed by atoms with van der Waals surface area (Å²) in [7, 11) is 0. The standard InChI is InChI=1S/C20H25N3O3/c1-13-15(16-6-2-3-7-17(16)22-13)8-10-21-19(26)23-11-14-5-4-9-20(14,12-23)18(24)25/h2-3,6-7,14,22H,4-5,8-12H2,1H3,(H,21,26)(H,24,25)/t14-,20+/m0/s1. The Bertz CT molecular complexity index is 859. The molecule has 2 amide bonds. The molecule has 1 saturated carbocycles. The molecule has 0 radical (unpaired) electrons. The van der Waals surface area contributed by atoms with E-state index in [0.717, 1.165) is 30.5 Å². The number of benzene rings is 1. The number of amides is 2. The lowest BCUT2D eigenvalue weighted by molar-refractivity contribution is -0.149. The second kappa shape index (κ2) is 6.34. The molecule has 1 aliphatic carbocycles. The van der Waals surface area contributed by atoms with Gasteiger partial charge in [-0.3, -0.25) is 4.79 Å². The Labute approximate surface area is 152 Å². The van der Waals surface area contributed by atoms with Gasteiger partial charge in [0.1, 0.15) is 0 Å². The lowest BCUT2D eigenvalue weighted by Crippen LogP contribution is -2.42. The van der Waals surface area contributed by atoms with E-state index in [1.54, 1.807) is 4.90 Å². The van der Waals surface area contributed by atoms with Gasteiger partial charge in [0.25, 0.3) is 0 Å². The number of aromatic nitrogens is 1. The van der Waals surface area contributed by atoms with Crippen LogP contribution in [0.4, 0.5) is 4.79 Å². The van der Waals surface area contributed by atoms with E-state index in [1.165, 1.54) is 10.9 Å². The van der Waals surface area contributed by atoms with E-state index in [1.807, 2.05) is 12.1 Å². The number of fused-ring (bicyclic) bond motifs is 2. The highest BCUT2D eigenvalue weighted by atomic mass is 16.4. The number of carbonyl (C=O) groups excluding carboxylic acids is 1. The number of aryl methyl sites for hydroxylation is 1. The van der Waals surface area contributed by atoms with Crippen LogP contribution in [0.25, 0.3) is 10.9 Å². The van der Waals surface area contributed by atoms with Crippen LogP contribution < -0.4 is 5.32 Å². The average Bonchev–Trinajstić information content (AvgIpc) is 3.25. The number of likely N-dealkylation sites (tertiary alicyclic amines) is 1. The van der Waals surface area contributed by atoms with Crippen LogP contribution in [0, 0.1) is 18.3 Å². The van der Waals surface area contributed by atoms with Crippen LogP contribution >= 0.6 is 0 Å². The Balaban J connectivity index is 1.38. The molecule has 6 nitrogen and oxygen atoms in total. The number of aliphatic carboxylic acids is 1. The molecule has 3 N–H and O–H groups in total. The summed E-state index contributed by atoms with van der Waals surface area (Å²) in [6, 6.07) is 8.03. The smallest absolute Gasteiger partial charge is 0.317 e. The third kappa shape index (κ3) is 2.64. The van der Waals surface area contributed by atoms with Gasteiger partial charge >= 0.3 is 12.0 Å². The maximum Gasteiger partial charge on any atom is 0.317 e. The zero-order valence-corrected chi connectivity index (χ0v) is 15.0. The van der Waals surface area contributed by atoms with Crippen LogP contribution in [0.1, 0.15) is 30.5 Å². The maximum absolute atomic E-state index is 12.5. The minimum absolute atomic E-state index is 0.0987. The van der Waals surface area contributed by atoms with Crippen molar-refractivity contribution in [3.8, 4) is 0 Å².